The molecule has 0 bridgehead atoms. The highest BCUT2D eigenvalue weighted by Gasteiger charge is 2.18. The van der Waals surface area contributed by atoms with Gasteiger partial charge in [-0.2, -0.15) is 0 Å². The predicted molar refractivity (Wildman–Crippen MR) is 81.5 cm³/mol. The molecule has 0 radical (unpaired) electrons. The fourth-order valence-corrected chi connectivity index (χ4v) is 4.35. The molecule has 0 saturated heterocycles. The molecule has 6 nitrogen and oxygen atoms in total. The SMILES string of the molecule is CCSc1nnc(SC(C)C(=O)Nc2cc(C)on2)s1. The molecule has 0 aromatic carbocycles. The number of hydrogen-bond acceptors (Lipinski definition) is 8. The number of nitrogens with one attached hydrogen (secondary N) is 1. The predicted octanol–water partition coefficient (Wildman–Crippen LogP) is 3.07. The van der Waals surface area contributed by atoms with E-state index in [1.165, 1.54) is 23.1 Å². The molecule has 1 unspecified atom stereocenters. The van der Waals surface area contributed by atoms with Crippen LogP contribution in [0.25, 0.3) is 0 Å². The van der Waals surface area contributed by atoms with Gasteiger partial charge in [0.1, 0.15) is 5.76 Å². The van der Waals surface area contributed by atoms with Crippen molar-refractivity contribution >= 4 is 46.6 Å². The maximum absolute atomic E-state index is 12.0. The van der Waals surface area contributed by atoms with Crippen molar-refractivity contribution < 1.29 is 9.32 Å². The summed E-state index contributed by atoms with van der Waals surface area (Å²) in [5.74, 6) is 1.91. The van der Waals surface area contributed by atoms with Crippen LogP contribution in [0.5, 0.6) is 0 Å². The number of anilines is 1. The molecule has 9 heteroatoms. The minimum atomic E-state index is -0.278. The zero-order chi connectivity index (χ0) is 14.5. The van der Waals surface area contributed by atoms with Gasteiger partial charge in [-0.05, 0) is 19.6 Å². The highest BCUT2D eigenvalue weighted by Crippen LogP contribution is 2.31. The number of hydrogen-bond donors (Lipinski definition) is 1. The Balaban J connectivity index is 1.89. The topological polar surface area (TPSA) is 80.9 Å². The third-order valence-corrected chi connectivity index (χ3v) is 5.30. The van der Waals surface area contributed by atoms with Crippen molar-refractivity contribution in [2.24, 2.45) is 0 Å². The molecule has 0 spiro atoms. The van der Waals surface area contributed by atoms with Crippen molar-refractivity contribution in [3.63, 3.8) is 0 Å². The van der Waals surface area contributed by atoms with E-state index in [-0.39, 0.29) is 11.2 Å². The first kappa shape index (κ1) is 15.3. The summed E-state index contributed by atoms with van der Waals surface area (Å²) in [5, 5.41) is 14.3. The van der Waals surface area contributed by atoms with Crippen molar-refractivity contribution in [3.8, 4) is 0 Å². The Morgan fingerprint density at radius 1 is 1.50 bits per heavy atom. The average molecular weight is 330 g/mol. The summed E-state index contributed by atoms with van der Waals surface area (Å²) in [4.78, 5) is 12.0. The van der Waals surface area contributed by atoms with Crippen LogP contribution in [-0.4, -0.2) is 32.3 Å². The molecule has 0 aliphatic heterocycles. The third-order valence-electron chi connectivity index (χ3n) is 2.18. The van der Waals surface area contributed by atoms with Gasteiger partial charge in [0, 0.05) is 6.07 Å². The molecule has 2 aromatic heterocycles. The van der Waals surface area contributed by atoms with Gasteiger partial charge in [-0.15, -0.1) is 10.2 Å². The molecule has 1 atom stereocenters. The Morgan fingerprint density at radius 3 is 2.90 bits per heavy atom. The number of aromatic nitrogens is 3. The van der Waals surface area contributed by atoms with Crippen molar-refractivity contribution in [2.45, 2.75) is 34.7 Å². The molecule has 2 heterocycles. The van der Waals surface area contributed by atoms with Gasteiger partial charge < -0.3 is 9.84 Å². The molecule has 2 rings (SSSR count). The van der Waals surface area contributed by atoms with E-state index in [9.17, 15) is 4.79 Å². The Kier molecular flexibility index (Phi) is 5.44. The second kappa shape index (κ2) is 7.09. The Labute approximate surface area is 129 Å². The summed E-state index contributed by atoms with van der Waals surface area (Å²) >= 11 is 4.53. The van der Waals surface area contributed by atoms with Crippen LogP contribution in [0.3, 0.4) is 0 Å². The number of carbonyl (C=O) groups is 1. The largest absolute Gasteiger partial charge is 0.360 e. The molecule has 1 N–H and O–H groups in total. The number of rotatable bonds is 6. The fraction of sp³-hybridized carbons (Fsp3) is 0.455. The lowest BCUT2D eigenvalue weighted by Crippen LogP contribution is -2.22. The van der Waals surface area contributed by atoms with Crippen molar-refractivity contribution in [3.05, 3.63) is 11.8 Å². The lowest BCUT2D eigenvalue weighted by molar-refractivity contribution is -0.115. The molecule has 0 aliphatic carbocycles. The second-order valence-electron chi connectivity index (χ2n) is 3.84. The maximum atomic E-state index is 12.0. The summed E-state index contributed by atoms with van der Waals surface area (Å²) in [7, 11) is 0. The smallest absolute Gasteiger partial charge is 0.238 e. The Bertz CT molecular complexity index is 584. The standard InChI is InChI=1S/C11H14N4O2S3/c1-4-18-10-13-14-11(20-10)19-7(3)9(16)12-8-5-6(2)17-15-8/h5,7H,4H2,1-3H3,(H,12,15,16). The van der Waals surface area contributed by atoms with E-state index >= 15 is 0 Å². The highest BCUT2D eigenvalue weighted by atomic mass is 32.2. The number of nitrogens with zero attached hydrogens (tertiary/aromatic N) is 3. The molecule has 0 fully saturated rings. The normalized spacial score (nSPS) is 12.3. The molecular weight excluding hydrogens is 316 g/mol. The summed E-state index contributed by atoms with van der Waals surface area (Å²) in [6.45, 7) is 5.66. The van der Waals surface area contributed by atoms with Gasteiger partial charge >= 0.3 is 0 Å². The number of thioether (sulfide) groups is 2. The van der Waals surface area contributed by atoms with Crippen LogP contribution in [0, 0.1) is 6.92 Å². The van der Waals surface area contributed by atoms with Gasteiger partial charge in [-0.1, -0.05) is 46.9 Å². The number of carbonyl (C=O) groups excluding carboxylic acids is 1. The van der Waals surface area contributed by atoms with E-state index in [2.05, 4.69) is 27.6 Å². The molecule has 2 aromatic rings. The lowest BCUT2D eigenvalue weighted by atomic mass is 10.4. The number of aryl methyl sites for hydroxylation is 1. The zero-order valence-electron chi connectivity index (χ0n) is 11.2. The van der Waals surface area contributed by atoms with Gasteiger partial charge in [0.05, 0.1) is 5.25 Å². The van der Waals surface area contributed by atoms with E-state index in [0.29, 0.717) is 11.6 Å². The van der Waals surface area contributed by atoms with Gasteiger partial charge in [0.15, 0.2) is 14.5 Å². The van der Waals surface area contributed by atoms with Crippen LogP contribution in [0.15, 0.2) is 19.3 Å². The minimum Gasteiger partial charge on any atom is -0.360 e. The van der Waals surface area contributed by atoms with Crippen molar-refractivity contribution in [1.82, 2.24) is 15.4 Å². The maximum Gasteiger partial charge on any atom is 0.238 e. The first-order valence-electron chi connectivity index (χ1n) is 5.95. The van der Waals surface area contributed by atoms with Gasteiger partial charge in [0.2, 0.25) is 5.91 Å². The summed E-state index contributed by atoms with van der Waals surface area (Å²) in [6, 6.07) is 1.68. The van der Waals surface area contributed by atoms with E-state index in [0.717, 1.165) is 14.4 Å². The summed E-state index contributed by atoms with van der Waals surface area (Å²) < 4.78 is 6.62. The van der Waals surface area contributed by atoms with Crippen LogP contribution in [-0.2, 0) is 4.79 Å². The fourth-order valence-electron chi connectivity index (χ4n) is 1.28. The molecule has 0 saturated carbocycles. The van der Waals surface area contributed by atoms with Gasteiger partial charge in [-0.3, -0.25) is 4.79 Å². The molecule has 20 heavy (non-hydrogen) atoms. The van der Waals surface area contributed by atoms with Gasteiger partial charge in [-0.25, -0.2) is 0 Å². The van der Waals surface area contributed by atoms with E-state index < -0.39 is 0 Å². The molecule has 108 valence electrons. The lowest BCUT2D eigenvalue weighted by Gasteiger charge is -2.07. The number of amides is 1. The Hall–Kier alpha value is -1.06. The van der Waals surface area contributed by atoms with E-state index in [4.69, 9.17) is 4.52 Å². The van der Waals surface area contributed by atoms with Crippen LogP contribution in [0.1, 0.15) is 19.6 Å². The average Bonchev–Trinajstić information content (AvgIpc) is 2.99. The van der Waals surface area contributed by atoms with E-state index in [1.54, 1.807) is 24.8 Å². The minimum absolute atomic E-state index is 0.136. The molecular formula is C11H14N4O2S3. The Morgan fingerprint density at radius 2 is 2.25 bits per heavy atom. The highest BCUT2D eigenvalue weighted by molar-refractivity contribution is 8.03. The third kappa shape index (κ3) is 4.22. The van der Waals surface area contributed by atoms with E-state index in [1.807, 2.05) is 6.92 Å². The van der Waals surface area contributed by atoms with Gasteiger partial charge in [0.25, 0.3) is 0 Å². The monoisotopic (exact) mass is 330 g/mol. The van der Waals surface area contributed by atoms with Crippen molar-refractivity contribution in [2.75, 3.05) is 11.1 Å². The molecule has 1 amide bonds. The first-order valence-corrected chi connectivity index (χ1v) is 8.63. The summed E-state index contributed by atoms with van der Waals surface area (Å²) in [5.41, 5.74) is 0. The van der Waals surface area contributed by atoms with Crippen LogP contribution >= 0.6 is 34.9 Å². The first-order chi connectivity index (χ1) is 9.58. The van der Waals surface area contributed by atoms with Crippen LogP contribution in [0.4, 0.5) is 5.82 Å². The quantitative estimate of drug-likeness (QED) is 0.815. The zero-order valence-corrected chi connectivity index (χ0v) is 13.7. The summed E-state index contributed by atoms with van der Waals surface area (Å²) in [6.07, 6.45) is 0. The van der Waals surface area contributed by atoms with Crippen LogP contribution in [0.2, 0.25) is 0 Å². The van der Waals surface area contributed by atoms with Crippen LogP contribution < -0.4 is 5.32 Å². The molecule has 0 aliphatic rings. The second-order valence-corrected chi connectivity index (χ2v) is 7.92. The van der Waals surface area contributed by atoms with Crippen molar-refractivity contribution in [1.29, 1.82) is 0 Å².